The standard InChI is InChI=1S/C10H12N2.C9H11ClOS/c1-2-5-9(6-3-1)10-11-7-4-8-12-10;1-11-9-4-3-8(10)5-7(9)6-12-2/h1-3,5-6H,4,7-8H2,(H,11,12);3-5H,6H2,1-2H3. The first kappa shape index (κ1) is 18.7. The number of hydrogen-bond acceptors (Lipinski definition) is 4. The summed E-state index contributed by atoms with van der Waals surface area (Å²) >= 11 is 7.60. The summed E-state index contributed by atoms with van der Waals surface area (Å²) < 4.78 is 5.18. The summed E-state index contributed by atoms with van der Waals surface area (Å²) in [6, 6.07) is 15.9. The Morgan fingerprint density at radius 1 is 1.21 bits per heavy atom. The molecule has 2 aromatic carbocycles. The van der Waals surface area contributed by atoms with Gasteiger partial charge in [0.2, 0.25) is 0 Å². The topological polar surface area (TPSA) is 33.6 Å². The van der Waals surface area contributed by atoms with Crippen molar-refractivity contribution in [2.75, 3.05) is 26.5 Å². The smallest absolute Gasteiger partial charge is 0.128 e. The van der Waals surface area contributed by atoms with E-state index < -0.39 is 0 Å². The van der Waals surface area contributed by atoms with Crippen molar-refractivity contribution < 1.29 is 4.74 Å². The van der Waals surface area contributed by atoms with Crippen LogP contribution in [0.25, 0.3) is 0 Å². The monoisotopic (exact) mass is 362 g/mol. The van der Waals surface area contributed by atoms with E-state index in [1.54, 1.807) is 18.9 Å². The zero-order valence-electron chi connectivity index (χ0n) is 14.1. The second-order valence-corrected chi connectivity index (χ2v) is 6.57. The first-order valence-corrected chi connectivity index (χ1v) is 9.67. The predicted octanol–water partition coefficient (Wildman–Crippen LogP) is 4.64. The van der Waals surface area contributed by atoms with Crippen LogP contribution in [0.5, 0.6) is 5.75 Å². The van der Waals surface area contributed by atoms with Gasteiger partial charge < -0.3 is 10.1 Å². The fraction of sp³-hybridized carbons (Fsp3) is 0.316. The Morgan fingerprint density at radius 3 is 2.62 bits per heavy atom. The minimum atomic E-state index is 0.764. The minimum absolute atomic E-state index is 0.764. The molecule has 0 radical (unpaired) electrons. The van der Waals surface area contributed by atoms with Gasteiger partial charge in [0.1, 0.15) is 11.6 Å². The van der Waals surface area contributed by atoms with Crippen LogP contribution in [0, 0.1) is 0 Å². The second-order valence-electron chi connectivity index (χ2n) is 5.27. The number of nitrogens with one attached hydrogen (secondary N) is 1. The molecular formula is C19H23ClN2OS. The fourth-order valence-electron chi connectivity index (χ4n) is 2.34. The molecule has 0 saturated carbocycles. The van der Waals surface area contributed by atoms with E-state index in [9.17, 15) is 0 Å². The lowest BCUT2D eigenvalue weighted by atomic mass is 10.2. The van der Waals surface area contributed by atoms with Crippen LogP contribution in [0.3, 0.4) is 0 Å². The molecule has 128 valence electrons. The van der Waals surface area contributed by atoms with Gasteiger partial charge in [0, 0.05) is 35.0 Å². The molecule has 1 aliphatic rings. The summed E-state index contributed by atoms with van der Waals surface area (Å²) in [4.78, 5) is 4.41. The van der Waals surface area contributed by atoms with Gasteiger partial charge in [-0.3, -0.25) is 4.99 Å². The molecule has 0 aliphatic carbocycles. The van der Waals surface area contributed by atoms with Crippen molar-refractivity contribution in [1.82, 2.24) is 5.32 Å². The average molecular weight is 363 g/mol. The first-order valence-electron chi connectivity index (χ1n) is 7.89. The molecule has 3 rings (SSSR count). The second kappa shape index (κ2) is 10.3. The van der Waals surface area contributed by atoms with Crippen LogP contribution in [-0.4, -0.2) is 32.3 Å². The zero-order chi connectivity index (χ0) is 17.2. The number of thioether (sulfide) groups is 1. The summed E-state index contributed by atoms with van der Waals surface area (Å²) in [6.45, 7) is 2.00. The minimum Gasteiger partial charge on any atom is -0.496 e. The van der Waals surface area contributed by atoms with E-state index in [0.717, 1.165) is 47.4 Å². The lowest BCUT2D eigenvalue weighted by Crippen LogP contribution is -2.29. The molecule has 24 heavy (non-hydrogen) atoms. The summed E-state index contributed by atoms with van der Waals surface area (Å²) in [5, 5.41) is 4.05. The molecule has 0 amide bonds. The molecule has 1 heterocycles. The van der Waals surface area contributed by atoms with Gasteiger partial charge in [-0.05, 0) is 30.9 Å². The van der Waals surface area contributed by atoms with Crippen LogP contribution >= 0.6 is 23.4 Å². The Kier molecular flexibility index (Phi) is 7.99. The fourth-order valence-corrected chi connectivity index (χ4v) is 3.07. The number of hydrogen-bond donors (Lipinski definition) is 1. The van der Waals surface area contributed by atoms with Crippen molar-refractivity contribution in [2.45, 2.75) is 12.2 Å². The van der Waals surface area contributed by atoms with E-state index in [0.29, 0.717) is 0 Å². The number of rotatable bonds is 4. The summed E-state index contributed by atoms with van der Waals surface area (Å²) in [6.07, 6.45) is 3.21. The third-order valence-corrected chi connectivity index (χ3v) is 4.32. The molecule has 0 aromatic heterocycles. The van der Waals surface area contributed by atoms with E-state index in [4.69, 9.17) is 16.3 Å². The number of amidine groups is 1. The lowest BCUT2D eigenvalue weighted by Gasteiger charge is -2.14. The predicted molar refractivity (Wildman–Crippen MR) is 106 cm³/mol. The van der Waals surface area contributed by atoms with E-state index >= 15 is 0 Å². The van der Waals surface area contributed by atoms with Gasteiger partial charge in [0.25, 0.3) is 0 Å². The molecule has 2 aromatic rings. The highest BCUT2D eigenvalue weighted by Crippen LogP contribution is 2.25. The van der Waals surface area contributed by atoms with Crippen LogP contribution in [0.1, 0.15) is 17.5 Å². The number of benzene rings is 2. The molecular weight excluding hydrogens is 340 g/mol. The quantitative estimate of drug-likeness (QED) is 0.860. The lowest BCUT2D eigenvalue weighted by molar-refractivity contribution is 0.411. The third-order valence-electron chi connectivity index (χ3n) is 3.49. The van der Waals surface area contributed by atoms with E-state index in [1.165, 1.54) is 5.56 Å². The number of methoxy groups -OCH3 is 1. The highest BCUT2D eigenvalue weighted by molar-refractivity contribution is 7.97. The summed E-state index contributed by atoms with van der Waals surface area (Å²) in [5.74, 6) is 2.89. The maximum absolute atomic E-state index is 5.84. The van der Waals surface area contributed by atoms with Crippen molar-refractivity contribution in [3.8, 4) is 5.75 Å². The molecule has 1 N–H and O–H groups in total. The Balaban J connectivity index is 0.000000174. The van der Waals surface area contributed by atoms with Crippen molar-refractivity contribution in [2.24, 2.45) is 4.99 Å². The Bertz CT molecular complexity index is 662. The zero-order valence-corrected chi connectivity index (χ0v) is 15.7. The number of halogens is 1. The van der Waals surface area contributed by atoms with Gasteiger partial charge in [-0.1, -0.05) is 41.9 Å². The van der Waals surface area contributed by atoms with Gasteiger partial charge in [-0.15, -0.1) is 0 Å². The maximum atomic E-state index is 5.84. The summed E-state index contributed by atoms with van der Waals surface area (Å²) in [7, 11) is 1.67. The van der Waals surface area contributed by atoms with Crippen LogP contribution < -0.4 is 10.1 Å². The van der Waals surface area contributed by atoms with Gasteiger partial charge in [-0.25, -0.2) is 0 Å². The molecule has 0 bridgehead atoms. The van der Waals surface area contributed by atoms with Crippen LogP contribution in [0.4, 0.5) is 0 Å². The molecule has 0 spiro atoms. The molecule has 1 aliphatic heterocycles. The third kappa shape index (κ3) is 5.77. The Hall–Kier alpha value is -1.65. The van der Waals surface area contributed by atoms with Crippen LogP contribution in [0.15, 0.2) is 53.5 Å². The number of ether oxygens (including phenoxy) is 1. The summed E-state index contributed by atoms with van der Waals surface area (Å²) in [5.41, 5.74) is 2.34. The van der Waals surface area contributed by atoms with Gasteiger partial charge >= 0.3 is 0 Å². The first-order chi connectivity index (χ1) is 11.7. The van der Waals surface area contributed by atoms with E-state index in [1.807, 2.05) is 36.4 Å². The number of aliphatic imine (C=N–C) groups is 1. The van der Waals surface area contributed by atoms with E-state index in [2.05, 4.69) is 28.7 Å². The van der Waals surface area contributed by atoms with Gasteiger partial charge in [-0.2, -0.15) is 11.8 Å². The largest absolute Gasteiger partial charge is 0.496 e. The molecule has 0 atom stereocenters. The highest BCUT2D eigenvalue weighted by Gasteiger charge is 2.04. The average Bonchev–Trinajstić information content (AvgIpc) is 2.64. The van der Waals surface area contributed by atoms with Gasteiger partial charge in [0.05, 0.1) is 7.11 Å². The van der Waals surface area contributed by atoms with Crippen molar-refractivity contribution >= 4 is 29.2 Å². The number of nitrogens with zero attached hydrogens (tertiary/aromatic N) is 1. The Labute approximate surface area is 153 Å². The van der Waals surface area contributed by atoms with Gasteiger partial charge in [0.15, 0.2) is 0 Å². The van der Waals surface area contributed by atoms with E-state index in [-0.39, 0.29) is 0 Å². The SMILES string of the molecule is COc1ccc(Cl)cc1CSC.c1ccc(C2=NCCCN2)cc1. The van der Waals surface area contributed by atoms with Crippen molar-refractivity contribution in [3.05, 3.63) is 64.7 Å². The molecule has 0 saturated heterocycles. The van der Waals surface area contributed by atoms with Crippen LogP contribution in [-0.2, 0) is 5.75 Å². The molecule has 0 unspecified atom stereocenters. The van der Waals surface area contributed by atoms with Crippen molar-refractivity contribution in [1.29, 1.82) is 0 Å². The highest BCUT2D eigenvalue weighted by atomic mass is 35.5. The molecule has 3 nitrogen and oxygen atoms in total. The normalized spacial score (nSPS) is 13.2. The maximum Gasteiger partial charge on any atom is 0.128 e. The van der Waals surface area contributed by atoms with Crippen LogP contribution in [0.2, 0.25) is 5.02 Å². The molecule has 5 heteroatoms. The molecule has 0 fully saturated rings. The van der Waals surface area contributed by atoms with Crippen molar-refractivity contribution in [3.63, 3.8) is 0 Å². The Morgan fingerprint density at radius 2 is 2.00 bits per heavy atom.